The fourth-order valence-electron chi connectivity index (χ4n) is 2.72. The molecule has 0 amide bonds. The van der Waals surface area contributed by atoms with Crippen LogP contribution in [0.4, 0.5) is 0 Å². The Labute approximate surface area is 141 Å². The van der Waals surface area contributed by atoms with Gasteiger partial charge in [0.25, 0.3) is 0 Å². The monoisotopic (exact) mass is 322 g/mol. The van der Waals surface area contributed by atoms with Gasteiger partial charge in [-0.1, -0.05) is 12.1 Å². The van der Waals surface area contributed by atoms with E-state index in [0.29, 0.717) is 0 Å². The molecule has 1 aromatic carbocycles. The van der Waals surface area contributed by atoms with Crippen molar-refractivity contribution in [1.29, 1.82) is 0 Å². The van der Waals surface area contributed by atoms with Crippen molar-refractivity contribution in [2.45, 2.75) is 38.9 Å². The van der Waals surface area contributed by atoms with Crippen LogP contribution in [-0.4, -0.2) is 38.1 Å². The first kappa shape index (κ1) is 15.3. The summed E-state index contributed by atoms with van der Waals surface area (Å²) in [6, 6.07) is 8.00. The van der Waals surface area contributed by atoms with E-state index >= 15 is 0 Å². The highest BCUT2D eigenvalue weighted by Crippen LogP contribution is 2.36. The molecule has 1 fully saturated rings. The molecule has 2 aromatic heterocycles. The number of hydrogen-bond donors (Lipinski definition) is 0. The lowest BCUT2D eigenvalue weighted by Gasteiger charge is -2.32. The van der Waals surface area contributed by atoms with Crippen molar-refractivity contribution in [3.05, 3.63) is 43.0 Å². The topological polar surface area (TPSA) is 62.1 Å². The minimum Gasteiger partial charge on any atom is -0.399 e. The number of nitrogens with zero attached hydrogens (tertiary/aromatic N) is 4. The van der Waals surface area contributed by atoms with Crippen LogP contribution in [-0.2, 0) is 9.31 Å². The third-order valence-corrected chi connectivity index (χ3v) is 4.89. The molecule has 0 unspecified atom stereocenters. The van der Waals surface area contributed by atoms with Gasteiger partial charge in [-0.3, -0.25) is 0 Å². The molecule has 122 valence electrons. The van der Waals surface area contributed by atoms with Gasteiger partial charge in [0.2, 0.25) is 0 Å². The maximum absolute atomic E-state index is 6.09. The molecule has 0 spiro atoms. The lowest BCUT2D eigenvalue weighted by atomic mass is 9.79. The normalized spacial score (nSPS) is 19.1. The summed E-state index contributed by atoms with van der Waals surface area (Å²) in [6.45, 7) is 8.21. The quantitative estimate of drug-likeness (QED) is 0.676. The van der Waals surface area contributed by atoms with Crippen molar-refractivity contribution in [2.24, 2.45) is 0 Å². The Balaban J connectivity index is 1.64. The Morgan fingerprint density at radius 1 is 0.958 bits per heavy atom. The van der Waals surface area contributed by atoms with Crippen molar-refractivity contribution in [3.63, 3.8) is 0 Å². The maximum Gasteiger partial charge on any atom is 0.494 e. The zero-order valence-corrected chi connectivity index (χ0v) is 14.2. The van der Waals surface area contributed by atoms with Gasteiger partial charge in [-0.05, 0) is 45.3 Å². The van der Waals surface area contributed by atoms with Gasteiger partial charge in [-0.15, -0.1) is 0 Å². The zero-order chi connectivity index (χ0) is 16.9. The Morgan fingerprint density at radius 2 is 1.62 bits per heavy atom. The maximum atomic E-state index is 6.09. The van der Waals surface area contributed by atoms with Gasteiger partial charge in [0.15, 0.2) is 5.65 Å². The molecule has 0 saturated carbocycles. The Kier molecular flexibility index (Phi) is 3.27. The zero-order valence-electron chi connectivity index (χ0n) is 14.2. The van der Waals surface area contributed by atoms with Gasteiger partial charge in [-0.2, -0.15) is 5.10 Å². The summed E-state index contributed by atoms with van der Waals surface area (Å²) in [6.07, 6.45) is 5.04. The Hall–Kier alpha value is -2.25. The molecule has 0 aliphatic carbocycles. The number of rotatable bonds is 2. The van der Waals surface area contributed by atoms with Crippen molar-refractivity contribution in [3.8, 4) is 5.69 Å². The van der Waals surface area contributed by atoms with Gasteiger partial charge in [0, 0.05) is 6.20 Å². The third-order valence-electron chi connectivity index (χ3n) is 4.89. The number of aromatic nitrogens is 4. The van der Waals surface area contributed by atoms with Crippen LogP contribution in [0, 0.1) is 0 Å². The van der Waals surface area contributed by atoms with Crippen molar-refractivity contribution >= 4 is 23.6 Å². The second-order valence-electron chi connectivity index (χ2n) is 7.04. The first-order chi connectivity index (χ1) is 11.4. The fraction of sp³-hybridized carbons (Fsp3) is 0.353. The second kappa shape index (κ2) is 5.12. The molecule has 7 heteroatoms. The Morgan fingerprint density at radius 3 is 2.29 bits per heavy atom. The predicted molar refractivity (Wildman–Crippen MR) is 92.4 cm³/mol. The average Bonchev–Trinajstić information content (AvgIpc) is 3.06. The molecule has 0 N–H and O–H groups in total. The van der Waals surface area contributed by atoms with E-state index in [0.717, 1.165) is 22.2 Å². The first-order valence-electron chi connectivity index (χ1n) is 7.97. The summed E-state index contributed by atoms with van der Waals surface area (Å²) < 4.78 is 14.0. The van der Waals surface area contributed by atoms with E-state index < -0.39 is 0 Å². The largest absolute Gasteiger partial charge is 0.494 e. The smallest absolute Gasteiger partial charge is 0.399 e. The molecule has 1 saturated heterocycles. The van der Waals surface area contributed by atoms with Crippen LogP contribution in [0.5, 0.6) is 0 Å². The average molecular weight is 322 g/mol. The van der Waals surface area contributed by atoms with Crippen molar-refractivity contribution in [1.82, 2.24) is 19.7 Å². The fourth-order valence-corrected chi connectivity index (χ4v) is 2.72. The molecule has 4 rings (SSSR count). The predicted octanol–water partition coefficient (Wildman–Crippen LogP) is 2.11. The molecule has 3 aromatic rings. The highest BCUT2D eigenvalue weighted by molar-refractivity contribution is 6.62. The lowest BCUT2D eigenvalue weighted by molar-refractivity contribution is 0.00578. The summed E-state index contributed by atoms with van der Waals surface area (Å²) in [5, 5.41) is 5.30. The number of hydrogen-bond acceptors (Lipinski definition) is 5. The molecule has 0 radical (unpaired) electrons. The van der Waals surface area contributed by atoms with Gasteiger partial charge in [0.05, 0.1) is 28.5 Å². The van der Waals surface area contributed by atoms with Crippen LogP contribution in [0.3, 0.4) is 0 Å². The van der Waals surface area contributed by atoms with Crippen LogP contribution in [0.15, 0.2) is 43.0 Å². The number of fused-ring (bicyclic) bond motifs is 1. The van der Waals surface area contributed by atoms with Gasteiger partial charge in [-0.25, -0.2) is 14.6 Å². The number of benzene rings is 1. The molecular weight excluding hydrogens is 303 g/mol. The molecule has 1 aliphatic heterocycles. The van der Waals surface area contributed by atoms with Crippen LogP contribution < -0.4 is 5.46 Å². The van der Waals surface area contributed by atoms with E-state index in [4.69, 9.17) is 9.31 Å². The van der Waals surface area contributed by atoms with E-state index in [1.54, 1.807) is 17.1 Å². The third kappa shape index (κ3) is 2.32. The standard InChI is InChI=1S/C17H19BN4O2/c1-16(2)17(3,4)24-18(23-16)13-5-7-14(8-6-13)22-15-12(10-21-22)9-19-11-20-15/h5-11H,1-4H3. The van der Waals surface area contributed by atoms with E-state index in [1.807, 2.05) is 24.3 Å². The summed E-state index contributed by atoms with van der Waals surface area (Å²) in [5.74, 6) is 0. The minimum atomic E-state index is -0.360. The van der Waals surface area contributed by atoms with Crippen LogP contribution >= 0.6 is 0 Å². The van der Waals surface area contributed by atoms with Crippen molar-refractivity contribution in [2.75, 3.05) is 0 Å². The summed E-state index contributed by atoms with van der Waals surface area (Å²) in [5.41, 5.74) is 2.03. The summed E-state index contributed by atoms with van der Waals surface area (Å²) in [7, 11) is -0.360. The molecule has 24 heavy (non-hydrogen) atoms. The van der Waals surface area contributed by atoms with E-state index in [9.17, 15) is 0 Å². The van der Waals surface area contributed by atoms with E-state index in [-0.39, 0.29) is 18.3 Å². The van der Waals surface area contributed by atoms with Gasteiger partial charge < -0.3 is 9.31 Å². The highest BCUT2D eigenvalue weighted by Gasteiger charge is 2.51. The van der Waals surface area contributed by atoms with Crippen LogP contribution in [0.2, 0.25) is 0 Å². The highest BCUT2D eigenvalue weighted by atomic mass is 16.7. The van der Waals surface area contributed by atoms with Crippen LogP contribution in [0.1, 0.15) is 27.7 Å². The van der Waals surface area contributed by atoms with Crippen LogP contribution in [0.25, 0.3) is 16.7 Å². The molecule has 1 aliphatic rings. The molecule has 0 atom stereocenters. The summed E-state index contributed by atoms with van der Waals surface area (Å²) >= 11 is 0. The second-order valence-corrected chi connectivity index (χ2v) is 7.04. The minimum absolute atomic E-state index is 0.342. The first-order valence-corrected chi connectivity index (χ1v) is 7.97. The van der Waals surface area contributed by atoms with Crippen molar-refractivity contribution < 1.29 is 9.31 Å². The van der Waals surface area contributed by atoms with E-state index in [1.165, 1.54) is 6.33 Å². The van der Waals surface area contributed by atoms with Gasteiger partial charge >= 0.3 is 7.12 Å². The molecule has 3 heterocycles. The Bertz CT molecular complexity index is 873. The molecular formula is C17H19BN4O2. The molecule has 6 nitrogen and oxygen atoms in total. The lowest BCUT2D eigenvalue weighted by Crippen LogP contribution is -2.41. The van der Waals surface area contributed by atoms with Gasteiger partial charge in [0.1, 0.15) is 6.33 Å². The SMILES string of the molecule is CC1(C)OB(c2ccc(-n3ncc4cncnc43)cc2)OC1(C)C. The molecule has 0 bridgehead atoms. The summed E-state index contributed by atoms with van der Waals surface area (Å²) in [4.78, 5) is 8.31. The van der Waals surface area contributed by atoms with E-state index in [2.05, 4.69) is 42.8 Å².